The monoisotopic (exact) mass is 326 g/mol. The molecule has 5 nitrogen and oxygen atoms in total. The van der Waals surface area contributed by atoms with Crippen molar-refractivity contribution >= 4 is 29.1 Å². The Morgan fingerprint density at radius 2 is 2.24 bits per heavy atom. The van der Waals surface area contributed by atoms with Gasteiger partial charge in [-0.25, -0.2) is 0 Å². The molecular formula is C14H16Cl2N4O. The molecule has 112 valence electrons. The SMILES string of the molecule is Cc1nn(C)c(Cl)c1C1CCCN1C(=O)c1cc(Cl)c[nH]1. The number of amides is 1. The summed E-state index contributed by atoms with van der Waals surface area (Å²) in [4.78, 5) is 17.4. The molecule has 1 atom stereocenters. The Kier molecular flexibility index (Phi) is 3.71. The van der Waals surface area contributed by atoms with Crippen molar-refractivity contribution in [2.24, 2.45) is 7.05 Å². The number of likely N-dealkylation sites (tertiary alicyclic amines) is 1. The van der Waals surface area contributed by atoms with E-state index in [1.807, 2.05) is 18.9 Å². The average Bonchev–Trinajstić information content (AvgIpc) is 3.11. The van der Waals surface area contributed by atoms with Gasteiger partial charge in [-0.1, -0.05) is 23.2 Å². The zero-order valence-corrected chi connectivity index (χ0v) is 13.4. The molecule has 1 amide bonds. The number of aromatic amines is 1. The normalized spacial score (nSPS) is 18.5. The van der Waals surface area contributed by atoms with E-state index in [0.29, 0.717) is 22.4 Å². The smallest absolute Gasteiger partial charge is 0.270 e. The largest absolute Gasteiger partial charge is 0.356 e. The molecular weight excluding hydrogens is 311 g/mol. The predicted octanol–water partition coefficient (Wildman–Crippen LogP) is 3.34. The Labute approximate surface area is 132 Å². The van der Waals surface area contributed by atoms with E-state index >= 15 is 0 Å². The fourth-order valence-corrected chi connectivity index (χ4v) is 3.45. The van der Waals surface area contributed by atoms with E-state index in [0.717, 1.165) is 24.1 Å². The number of H-pyrrole nitrogens is 1. The van der Waals surface area contributed by atoms with Crippen molar-refractivity contribution in [3.63, 3.8) is 0 Å². The van der Waals surface area contributed by atoms with Gasteiger partial charge in [0.05, 0.1) is 16.8 Å². The van der Waals surface area contributed by atoms with Gasteiger partial charge in [0.1, 0.15) is 10.8 Å². The van der Waals surface area contributed by atoms with Gasteiger partial charge in [0.25, 0.3) is 5.91 Å². The van der Waals surface area contributed by atoms with Gasteiger partial charge in [0.2, 0.25) is 0 Å². The van der Waals surface area contributed by atoms with Crippen molar-refractivity contribution in [2.75, 3.05) is 6.54 Å². The number of nitrogens with one attached hydrogen (secondary N) is 1. The van der Waals surface area contributed by atoms with Gasteiger partial charge in [-0.05, 0) is 25.8 Å². The van der Waals surface area contributed by atoms with E-state index in [2.05, 4.69) is 10.1 Å². The Bertz CT molecular complexity index is 691. The van der Waals surface area contributed by atoms with Crippen LogP contribution in [0.25, 0.3) is 0 Å². The molecule has 2 aromatic rings. The van der Waals surface area contributed by atoms with Crippen LogP contribution in [0.1, 0.15) is 40.6 Å². The summed E-state index contributed by atoms with van der Waals surface area (Å²) in [5.74, 6) is -0.0521. The highest BCUT2D eigenvalue weighted by molar-refractivity contribution is 6.31. The first-order chi connectivity index (χ1) is 9.99. The van der Waals surface area contributed by atoms with Gasteiger partial charge in [-0.15, -0.1) is 0 Å². The molecule has 0 radical (unpaired) electrons. The first-order valence-electron chi connectivity index (χ1n) is 6.83. The van der Waals surface area contributed by atoms with E-state index in [9.17, 15) is 4.79 Å². The minimum atomic E-state index is -0.0521. The minimum absolute atomic E-state index is 0.0271. The van der Waals surface area contributed by atoms with E-state index < -0.39 is 0 Å². The van der Waals surface area contributed by atoms with E-state index in [-0.39, 0.29) is 11.9 Å². The molecule has 3 heterocycles. The number of aryl methyl sites for hydroxylation is 2. The topological polar surface area (TPSA) is 53.9 Å². The minimum Gasteiger partial charge on any atom is -0.356 e. The zero-order chi connectivity index (χ0) is 15.1. The van der Waals surface area contributed by atoms with Crippen LogP contribution in [0, 0.1) is 6.92 Å². The molecule has 0 aliphatic carbocycles. The maximum Gasteiger partial charge on any atom is 0.270 e. The van der Waals surface area contributed by atoms with Crippen LogP contribution in [0.3, 0.4) is 0 Å². The number of hydrogen-bond acceptors (Lipinski definition) is 2. The third-order valence-corrected chi connectivity index (χ3v) is 4.59. The van der Waals surface area contributed by atoms with Crippen LogP contribution in [0.5, 0.6) is 0 Å². The molecule has 1 N–H and O–H groups in total. The molecule has 21 heavy (non-hydrogen) atoms. The quantitative estimate of drug-likeness (QED) is 0.920. The Balaban J connectivity index is 1.94. The fraction of sp³-hybridized carbons (Fsp3) is 0.429. The highest BCUT2D eigenvalue weighted by Gasteiger charge is 2.34. The first-order valence-corrected chi connectivity index (χ1v) is 7.58. The second-order valence-electron chi connectivity index (χ2n) is 5.30. The van der Waals surface area contributed by atoms with E-state index in [1.54, 1.807) is 16.9 Å². The maximum atomic E-state index is 12.6. The molecule has 1 unspecified atom stereocenters. The summed E-state index contributed by atoms with van der Waals surface area (Å²) < 4.78 is 1.65. The standard InChI is InChI=1S/C14H16Cl2N4O/c1-8-12(13(16)19(2)18-8)11-4-3-5-20(11)14(21)10-6-9(15)7-17-10/h6-7,11,17H,3-5H2,1-2H3. The van der Waals surface area contributed by atoms with Crippen LogP contribution in [0.2, 0.25) is 10.2 Å². The lowest BCUT2D eigenvalue weighted by Gasteiger charge is -2.24. The van der Waals surface area contributed by atoms with Gasteiger partial charge in [-0.2, -0.15) is 5.10 Å². The number of halogens is 2. The molecule has 0 aromatic carbocycles. The summed E-state index contributed by atoms with van der Waals surface area (Å²) in [5.41, 5.74) is 2.32. The fourth-order valence-electron chi connectivity index (χ4n) is 2.98. The van der Waals surface area contributed by atoms with Crippen LogP contribution in [0.15, 0.2) is 12.3 Å². The van der Waals surface area contributed by atoms with Crippen LogP contribution >= 0.6 is 23.2 Å². The number of hydrogen-bond donors (Lipinski definition) is 1. The van der Waals surface area contributed by atoms with Gasteiger partial charge in [-0.3, -0.25) is 9.48 Å². The van der Waals surface area contributed by atoms with E-state index in [1.165, 1.54) is 0 Å². The van der Waals surface area contributed by atoms with Crippen LogP contribution in [-0.4, -0.2) is 32.1 Å². The Morgan fingerprint density at radius 1 is 1.48 bits per heavy atom. The summed E-state index contributed by atoms with van der Waals surface area (Å²) in [6, 6.07) is 1.62. The van der Waals surface area contributed by atoms with Crippen molar-refractivity contribution in [2.45, 2.75) is 25.8 Å². The van der Waals surface area contributed by atoms with Crippen molar-refractivity contribution in [3.8, 4) is 0 Å². The molecule has 0 saturated carbocycles. The van der Waals surface area contributed by atoms with E-state index in [4.69, 9.17) is 23.2 Å². The van der Waals surface area contributed by atoms with Gasteiger partial charge in [0, 0.05) is 25.4 Å². The Morgan fingerprint density at radius 3 is 2.81 bits per heavy atom. The molecule has 0 bridgehead atoms. The molecule has 1 aliphatic heterocycles. The summed E-state index contributed by atoms with van der Waals surface area (Å²) in [6.07, 6.45) is 3.46. The van der Waals surface area contributed by atoms with Crippen molar-refractivity contribution in [1.29, 1.82) is 0 Å². The predicted molar refractivity (Wildman–Crippen MR) is 81.8 cm³/mol. The van der Waals surface area contributed by atoms with Crippen molar-refractivity contribution in [3.05, 3.63) is 39.4 Å². The summed E-state index contributed by atoms with van der Waals surface area (Å²) in [7, 11) is 1.81. The molecule has 3 rings (SSSR count). The highest BCUT2D eigenvalue weighted by Crippen LogP contribution is 2.38. The van der Waals surface area contributed by atoms with Crippen LogP contribution in [0.4, 0.5) is 0 Å². The van der Waals surface area contributed by atoms with Gasteiger partial charge in [0.15, 0.2) is 0 Å². The molecule has 7 heteroatoms. The number of rotatable bonds is 2. The second kappa shape index (κ2) is 5.39. The van der Waals surface area contributed by atoms with Crippen LogP contribution < -0.4 is 0 Å². The van der Waals surface area contributed by atoms with Crippen molar-refractivity contribution < 1.29 is 4.79 Å². The summed E-state index contributed by atoms with van der Waals surface area (Å²) in [5, 5.41) is 5.47. The maximum absolute atomic E-state index is 12.6. The van der Waals surface area contributed by atoms with Gasteiger partial charge < -0.3 is 9.88 Å². The first kappa shape index (κ1) is 14.5. The highest BCUT2D eigenvalue weighted by atomic mass is 35.5. The second-order valence-corrected chi connectivity index (χ2v) is 6.10. The summed E-state index contributed by atoms with van der Waals surface area (Å²) >= 11 is 12.2. The summed E-state index contributed by atoms with van der Waals surface area (Å²) in [6.45, 7) is 2.64. The molecule has 1 aliphatic rings. The zero-order valence-electron chi connectivity index (χ0n) is 11.9. The van der Waals surface area contributed by atoms with Gasteiger partial charge >= 0.3 is 0 Å². The third kappa shape index (κ3) is 2.45. The lowest BCUT2D eigenvalue weighted by molar-refractivity contribution is 0.0730. The number of carbonyl (C=O) groups is 1. The third-order valence-electron chi connectivity index (χ3n) is 3.92. The lowest BCUT2D eigenvalue weighted by Crippen LogP contribution is -2.31. The Hall–Kier alpha value is -1.46. The average molecular weight is 327 g/mol. The molecule has 1 saturated heterocycles. The van der Waals surface area contributed by atoms with Crippen molar-refractivity contribution in [1.82, 2.24) is 19.7 Å². The number of aromatic nitrogens is 3. The van der Waals surface area contributed by atoms with Crippen LogP contribution in [-0.2, 0) is 7.05 Å². The molecule has 2 aromatic heterocycles. The molecule has 1 fully saturated rings. The number of nitrogens with zero attached hydrogens (tertiary/aromatic N) is 3. The molecule has 0 spiro atoms. The lowest BCUT2D eigenvalue weighted by atomic mass is 10.1. The number of carbonyl (C=O) groups excluding carboxylic acids is 1.